The normalized spacial score (nSPS) is 10.1. The zero-order valence-electron chi connectivity index (χ0n) is 11.6. The van der Waals surface area contributed by atoms with E-state index in [-0.39, 0.29) is 0 Å². The van der Waals surface area contributed by atoms with Gasteiger partial charge in [-0.15, -0.1) is 0 Å². The molecule has 2 aromatic rings. The van der Waals surface area contributed by atoms with Gasteiger partial charge in [-0.1, -0.05) is 30.4 Å². The average Bonchev–Trinajstić information content (AvgIpc) is 2.45. The second kappa shape index (κ2) is 6.39. The molecule has 0 spiro atoms. The summed E-state index contributed by atoms with van der Waals surface area (Å²) in [4.78, 5) is 0.339. The summed E-state index contributed by atoms with van der Waals surface area (Å²) in [6.45, 7) is 2.44. The number of nitrogens with two attached hydrogens (primary N) is 1. The summed E-state index contributed by atoms with van der Waals surface area (Å²) in [6, 6.07) is 13.5. The van der Waals surface area contributed by atoms with Crippen LogP contribution in [0, 0.1) is 6.92 Å². The van der Waals surface area contributed by atoms with Gasteiger partial charge in [-0.05, 0) is 42.3 Å². The van der Waals surface area contributed by atoms with Gasteiger partial charge in [0.1, 0.15) is 23.1 Å². The van der Waals surface area contributed by atoms with Gasteiger partial charge in [-0.2, -0.15) is 0 Å². The summed E-state index contributed by atoms with van der Waals surface area (Å²) in [5, 5.41) is 0. The fraction of sp³-hybridized carbons (Fsp3) is 0.188. The van der Waals surface area contributed by atoms with Crippen molar-refractivity contribution in [1.82, 2.24) is 0 Å². The first kappa shape index (κ1) is 14.3. The van der Waals surface area contributed by atoms with Gasteiger partial charge in [0.2, 0.25) is 0 Å². The summed E-state index contributed by atoms with van der Waals surface area (Å²) in [7, 11) is 1.64. The van der Waals surface area contributed by atoms with Crippen LogP contribution in [0.15, 0.2) is 42.5 Å². The minimum Gasteiger partial charge on any atom is -0.497 e. The largest absolute Gasteiger partial charge is 0.497 e. The molecular weight excluding hydrogens is 270 g/mol. The maximum atomic E-state index is 5.84. The molecule has 20 heavy (non-hydrogen) atoms. The van der Waals surface area contributed by atoms with Crippen molar-refractivity contribution in [2.75, 3.05) is 7.11 Å². The van der Waals surface area contributed by atoms with Gasteiger partial charge in [0, 0.05) is 0 Å². The van der Waals surface area contributed by atoms with E-state index in [9.17, 15) is 0 Å². The Labute approximate surface area is 124 Å². The smallest absolute Gasteiger partial charge is 0.130 e. The van der Waals surface area contributed by atoms with Gasteiger partial charge in [0.25, 0.3) is 0 Å². The monoisotopic (exact) mass is 287 g/mol. The number of aryl methyl sites for hydroxylation is 1. The minimum absolute atomic E-state index is 0.339. The van der Waals surface area contributed by atoms with Crippen LogP contribution in [-0.2, 0) is 6.61 Å². The summed E-state index contributed by atoms with van der Waals surface area (Å²) in [5.74, 6) is 1.52. The van der Waals surface area contributed by atoms with Crippen LogP contribution in [0.1, 0.15) is 16.7 Å². The SMILES string of the molecule is COc1cccc(COc2cc(C)ccc2C(N)=S)c1. The number of benzene rings is 2. The molecule has 0 saturated heterocycles. The highest BCUT2D eigenvalue weighted by Gasteiger charge is 2.07. The number of thiocarbonyl (C=S) groups is 1. The number of hydrogen-bond acceptors (Lipinski definition) is 3. The third kappa shape index (κ3) is 3.48. The van der Waals surface area contributed by atoms with Gasteiger partial charge in [-0.25, -0.2) is 0 Å². The average molecular weight is 287 g/mol. The minimum atomic E-state index is 0.339. The molecule has 0 aromatic heterocycles. The molecule has 0 aliphatic rings. The fourth-order valence-corrected chi connectivity index (χ4v) is 2.04. The van der Waals surface area contributed by atoms with E-state index in [2.05, 4.69) is 0 Å². The van der Waals surface area contributed by atoms with Gasteiger partial charge in [0.15, 0.2) is 0 Å². The highest BCUT2D eigenvalue weighted by atomic mass is 32.1. The second-order valence-corrected chi connectivity index (χ2v) is 4.94. The van der Waals surface area contributed by atoms with Crippen LogP contribution in [0.25, 0.3) is 0 Å². The topological polar surface area (TPSA) is 44.5 Å². The van der Waals surface area contributed by atoms with Crippen LogP contribution in [0.5, 0.6) is 11.5 Å². The fourth-order valence-electron chi connectivity index (χ4n) is 1.88. The van der Waals surface area contributed by atoms with Crippen molar-refractivity contribution in [3.05, 3.63) is 59.2 Å². The Kier molecular flexibility index (Phi) is 4.58. The van der Waals surface area contributed by atoms with Crippen molar-refractivity contribution in [3.63, 3.8) is 0 Å². The van der Waals surface area contributed by atoms with E-state index in [1.54, 1.807) is 7.11 Å². The molecule has 0 fully saturated rings. The van der Waals surface area contributed by atoms with Crippen LogP contribution in [0.2, 0.25) is 0 Å². The highest BCUT2D eigenvalue weighted by Crippen LogP contribution is 2.22. The van der Waals surface area contributed by atoms with Crippen molar-refractivity contribution in [2.45, 2.75) is 13.5 Å². The molecule has 0 aliphatic carbocycles. The van der Waals surface area contributed by atoms with E-state index in [0.29, 0.717) is 17.3 Å². The standard InChI is InChI=1S/C16H17NO2S/c1-11-6-7-14(16(17)20)15(8-11)19-10-12-4-3-5-13(9-12)18-2/h3-9H,10H2,1-2H3,(H2,17,20). The Hall–Kier alpha value is -2.07. The van der Waals surface area contributed by atoms with Crippen molar-refractivity contribution < 1.29 is 9.47 Å². The second-order valence-electron chi connectivity index (χ2n) is 4.50. The van der Waals surface area contributed by atoms with Crippen LogP contribution in [0.3, 0.4) is 0 Å². The lowest BCUT2D eigenvalue weighted by Gasteiger charge is -2.12. The molecule has 0 atom stereocenters. The van der Waals surface area contributed by atoms with Crippen molar-refractivity contribution in [3.8, 4) is 11.5 Å². The van der Waals surface area contributed by atoms with Crippen LogP contribution < -0.4 is 15.2 Å². The van der Waals surface area contributed by atoms with Crippen molar-refractivity contribution in [1.29, 1.82) is 0 Å². The van der Waals surface area contributed by atoms with Crippen LogP contribution in [-0.4, -0.2) is 12.1 Å². The summed E-state index contributed by atoms with van der Waals surface area (Å²) in [6.07, 6.45) is 0. The third-order valence-electron chi connectivity index (χ3n) is 2.93. The number of rotatable bonds is 5. The predicted molar refractivity (Wildman–Crippen MR) is 84.4 cm³/mol. The van der Waals surface area contributed by atoms with Crippen LogP contribution >= 0.6 is 12.2 Å². The lowest BCUT2D eigenvalue weighted by Crippen LogP contribution is -2.11. The van der Waals surface area contributed by atoms with E-state index < -0.39 is 0 Å². The summed E-state index contributed by atoms with van der Waals surface area (Å²) in [5.41, 5.74) is 8.60. The lowest BCUT2D eigenvalue weighted by molar-refractivity contribution is 0.304. The molecule has 0 heterocycles. The molecule has 2 rings (SSSR count). The van der Waals surface area contributed by atoms with E-state index in [4.69, 9.17) is 27.4 Å². The van der Waals surface area contributed by atoms with E-state index in [1.165, 1.54) is 0 Å². The van der Waals surface area contributed by atoms with Gasteiger partial charge < -0.3 is 15.2 Å². The molecule has 0 unspecified atom stereocenters. The lowest BCUT2D eigenvalue weighted by atomic mass is 10.1. The van der Waals surface area contributed by atoms with E-state index >= 15 is 0 Å². The maximum Gasteiger partial charge on any atom is 0.130 e. The first-order valence-electron chi connectivity index (χ1n) is 6.26. The van der Waals surface area contributed by atoms with Crippen molar-refractivity contribution >= 4 is 17.2 Å². The Morgan fingerprint density at radius 2 is 2.00 bits per heavy atom. The highest BCUT2D eigenvalue weighted by molar-refractivity contribution is 7.80. The molecule has 0 saturated carbocycles. The predicted octanol–water partition coefficient (Wildman–Crippen LogP) is 3.22. The van der Waals surface area contributed by atoms with Crippen molar-refractivity contribution in [2.24, 2.45) is 5.73 Å². The molecule has 0 radical (unpaired) electrons. The molecule has 4 heteroatoms. The first-order valence-corrected chi connectivity index (χ1v) is 6.67. The number of hydrogen-bond donors (Lipinski definition) is 1. The Morgan fingerprint density at radius 1 is 1.20 bits per heavy atom. The molecule has 0 bridgehead atoms. The molecule has 0 amide bonds. The molecule has 104 valence electrons. The molecular formula is C16H17NO2S. The molecule has 3 nitrogen and oxygen atoms in total. The number of ether oxygens (including phenoxy) is 2. The third-order valence-corrected chi connectivity index (χ3v) is 3.15. The first-order chi connectivity index (χ1) is 9.60. The summed E-state index contributed by atoms with van der Waals surface area (Å²) < 4.78 is 11.0. The Bertz CT molecular complexity index is 626. The maximum absolute atomic E-state index is 5.84. The van der Waals surface area contributed by atoms with Crippen LogP contribution in [0.4, 0.5) is 0 Å². The zero-order valence-corrected chi connectivity index (χ0v) is 12.4. The van der Waals surface area contributed by atoms with Gasteiger partial charge >= 0.3 is 0 Å². The Balaban J connectivity index is 2.17. The van der Waals surface area contributed by atoms with Gasteiger partial charge in [0.05, 0.1) is 12.7 Å². The summed E-state index contributed by atoms with van der Waals surface area (Å²) >= 11 is 5.04. The molecule has 2 N–H and O–H groups in total. The Morgan fingerprint density at radius 3 is 2.70 bits per heavy atom. The molecule has 2 aromatic carbocycles. The molecule has 0 aliphatic heterocycles. The van der Waals surface area contributed by atoms with E-state index in [0.717, 1.165) is 22.4 Å². The van der Waals surface area contributed by atoms with Gasteiger partial charge in [-0.3, -0.25) is 0 Å². The zero-order chi connectivity index (χ0) is 14.5. The number of methoxy groups -OCH3 is 1. The van der Waals surface area contributed by atoms with E-state index in [1.807, 2.05) is 49.4 Å². The quantitative estimate of drug-likeness (QED) is 0.858.